The Morgan fingerprint density at radius 2 is 1.96 bits per heavy atom. The smallest absolute Gasteiger partial charge is 0.311 e. The molecule has 1 saturated carbocycles. The highest BCUT2D eigenvalue weighted by Gasteiger charge is 2.57. The van der Waals surface area contributed by atoms with E-state index in [0.717, 1.165) is 12.7 Å². The molecule has 1 aliphatic heterocycles. The van der Waals surface area contributed by atoms with Gasteiger partial charge in [-0.25, -0.2) is 16.8 Å². The molecule has 7 nitrogen and oxygen atoms in total. The monoisotopic (exact) mass is 387 g/mol. The number of aryl methyl sites for hydroxylation is 1. The standard InChI is InChI=1S/C16H21NO6S2/c1-11-5-6-13(24(2,20)21)8-14(11)25(22,23)17-9-12-4-3-7-16(12,10-17)15(18)19/h5-6,8,12H,3-4,7,9-10H2,1-2H3,(H,18,19)/t12-,16+/m0/s1. The van der Waals surface area contributed by atoms with Crippen LogP contribution in [0.2, 0.25) is 0 Å². The summed E-state index contributed by atoms with van der Waals surface area (Å²) in [7, 11) is -7.50. The number of carboxylic acids is 1. The van der Waals surface area contributed by atoms with Crippen LogP contribution in [0.25, 0.3) is 0 Å². The third-order valence-corrected chi connectivity index (χ3v) is 8.53. The second kappa shape index (κ2) is 5.78. The molecule has 2 atom stereocenters. The van der Waals surface area contributed by atoms with Gasteiger partial charge in [0.2, 0.25) is 10.0 Å². The number of sulfonamides is 1. The summed E-state index contributed by atoms with van der Waals surface area (Å²) in [6.07, 6.45) is 2.98. The third kappa shape index (κ3) is 2.88. The number of hydrogen-bond acceptors (Lipinski definition) is 5. The van der Waals surface area contributed by atoms with Crippen molar-refractivity contribution in [3.05, 3.63) is 23.8 Å². The summed E-state index contributed by atoms with van der Waals surface area (Å²) >= 11 is 0. The molecule has 1 aliphatic carbocycles. The Labute approximate surface area is 147 Å². The van der Waals surface area contributed by atoms with Crippen LogP contribution in [0.5, 0.6) is 0 Å². The van der Waals surface area contributed by atoms with Gasteiger partial charge in [-0.05, 0) is 43.4 Å². The first-order chi connectivity index (χ1) is 11.5. The summed E-state index contributed by atoms with van der Waals surface area (Å²) in [6, 6.07) is 4.01. The molecule has 0 amide bonds. The molecule has 1 heterocycles. The lowest BCUT2D eigenvalue weighted by atomic mass is 9.81. The van der Waals surface area contributed by atoms with Crippen molar-refractivity contribution in [3.8, 4) is 0 Å². The van der Waals surface area contributed by atoms with E-state index in [2.05, 4.69) is 0 Å². The van der Waals surface area contributed by atoms with Gasteiger partial charge in [-0.1, -0.05) is 12.5 Å². The lowest BCUT2D eigenvalue weighted by molar-refractivity contribution is -0.149. The van der Waals surface area contributed by atoms with E-state index in [1.165, 1.54) is 22.5 Å². The summed E-state index contributed by atoms with van der Waals surface area (Å²) in [5.74, 6) is -1.15. The fourth-order valence-corrected chi connectivity index (χ4v) is 6.53. The minimum atomic E-state index is -3.96. The van der Waals surface area contributed by atoms with E-state index in [4.69, 9.17) is 0 Å². The van der Waals surface area contributed by atoms with Gasteiger partial charge in [-0.3, -0.25) is 4.79 Å². The van der Waals surface area contributed by atoms with Gasteiger partial charge >= 0.3 is 5.97 Å². The first-order valence-electron chi connectivity index (χ1n) is 8.03. The fraction of sp³-hybridized carbons (Fsp3) is 0.562. The van der Waals surface area contributed by atoms with Crippen LogP contribution in [0.1, 0.15) is 24.8 Å². The highest BCUT2D eigenvalue weighted by Crippen LogP contribution is 2.50. The number of carboxylic acid groups (broad SMARTS) is 1. The zero-order chi connectivity index (χ0) is 18.6. The average Bonchev–Trinajstić information content (AvgIpc) is 3.04. The molecule has 2 aliphatic rings. The Kier molecular flexibility index (Phi) is 4.24. The van der Waals surface area contributed by atoms with Crippen molar-refractivity contribution >= 4 is 25.8 Å². The molecule has 2 fully saturated rings. The van der Waals surface area contributed by atoms with Crippen molar-refractivity contribution in [1.82, 2.24) is 4.31 Å². The molecule has 1 N–H and O–H groups in total. The number of aliphatic carboxylic acids is 1. The molecular weight excluding hydrogens is 366 g/mol. The van der Waals surface area contributed by atoms with Gasteiger partial charge in [0.05, 0.1) is 15.2 Å². The van der Waals surface area contributed by atoms with E-state index in [-0.39, 0.29) is 28.8 Å². The Hall–Kier alpha value is -1.45. The second-order valence-corrected chi connectivity index (χ2v) is 11.0. The van der Waals surface area contributed by atoms with Gasteiger partial charge in [0.25, 0.3) is 0 Å². The number of carbonyl (C=O) groups is 1. The van der Waals surface area contributed by atoms with Crippen LogP contribution in [0.4, 0.5) is 0 Å². The average molecular weight is 387 g/mol. The molecule has 138 valence electrons. The van der Waals surface area contributed by atoms with Gasteiger partial charge in [-0.15, -0.1) is 0 Å². The van der Waals surface area contributed by atoms with E-state index in [9.17, 15) is 26.7 Å². The van der Waals surface area contributed by atoms with Crippen molar-refractivity contribution in [2.45, 2.75) is 36.0 Å². The molecule has 25 heavy (non-hydrogen) atoms. The Balaban J connectivity index is 2.03. The van der Waals surface area contributed by atoms with Crippen molar-refractivity contribution in [3.63, 3.8) is 0 Å². The lowest BCUT2D eigenvalue weighted by Gasteiger charge is -2.23. The minimum Gasteiger partial charge on any atom is -0.481 e. The van der Waals surface area contributed by atoms with Crippen molar-refractivity contribution in [2.24, 2.45) is 11.3 Å². The maximum Gasteiger partial charge on any atom is 0.311 e. The largest absolute Gasteiger partial charge is 0.481 e. The molecule has 9 heteroatoms. The number of fused-ring (bicyclic) bond motifs is 1. The van der Waals surface area contributed by atoms with Crippen molar-refractivity contribution in [2.75, 3.05) is 19.3 Å². The summed E-state index contributed by atoms with van der Waals surface area (Å²) in [5, 5.41) is 9.63. The van der Waals surface area contributed by atoms with E-state index in [1.807, 2.05) is 0 Å². The molecule has 1 aromatic rings. The Morgan fingerprint density at radius 3 is 2.52 bits per heavy atom. The van der Waals surface area contributed by atoms with E-state index in [1.54, 1.807) is 6.92 Å². The lowest BCUT2D eigenvalue weighted by Crippen LogP contribution is -2.37. The van der Waals surface area contributed by atoms with E-state index >= 15 is 0 Å². The normalized spacial score (nSPS) is 27.4. The van der Waals surface area contributed by atoms with Crippen LogP contribution in [0.3, 0.4) is 0 Å². The number of rotatable bonds is 4. The van der Waals surface area contributed by atoms with Gasteiger partial charge < -0.3 is 5.11 Å². The maximum absolute atomic E-state index is 13.1. The zero-order valence-corrected chi connectivity index (χ0v) is 15.7. The molecule has 0 bridgehead atoms. The molecule has 0 spiro atoms. The minimum absolute atomic E-state index is 0.0577. The van der Waals surface area contributed by atoms with Gasteiger partial charge in [0.15, 0.2) is 9.84 Å². The van der Waals surface area contributed by atoms with Crippen LogP contribution in [0.15, 0.2) is 28.0 Å². The molecule has 3 rings (SSSR count). The quantitative estimate of drug-likeness (QED) is 0.833. The highest BCUT2D eigenvalue weighted by molar-refractivity contribution is 7.91. The van der Waals surface area contributed by atoms with Crippen LogP contribution in [0, 0.1) is 18.3 Å². The predicted molar refractivity (Wildman–Crippen MR) is 90.5 cm³/mol. The third-order valence-electron chi connectivity index (χ3n) is 5.47. The summed E-state index contributed by atoms with van der Waals surface area (Å²) < 4.78 is 50.9. The predicted octanol–water partition coefficient (Wildman–Crippen LogP) is 1.27. The first kappa shape index (κ1) is 18.3. The van der Waals surface area contributed by atoms with Crippen LogP contribution in [-0.2, 0) is 24.7 Å². The first-order valence-corrected chi connectivity index (χ1v) is 11.4. The van der Waals surface area contributed by atoms with Crippen molar-refractivity contribution < 1.29 is 26.7 Å². The molecular formula is C16H21NO6S2. The Bertz CT molecular complexity index is 937. The van der Waals surface area contributed by atoms with Gasteiger partial charge in [0, 0.05) is 19.3 Å². The number of hydrogen-bond donors (Lipinski definition) is 1. The zero-order valence-electron chi connectivity index (χ0n) is 14.1. The fourth-order valence-electron chi connectivity index (χ4n) is 4.00. The molecule has 0 aromatic heterocycles. The van der Waals surface area contributed by atoms with E-state index < -0.39 is 31.2 Å². The van der Waals surface area contributed by atoms with Crippen LogP contribution < -0.4 is 0 Å². The molecule has 0 radical (unpaired) electrons. The van der Waals surface area contributed by atoms with Gasteiger partial charge in [-0.2, -0.15) is 4.31 Å². The van der Waals surface area contributed by atoms with Crippen LogP contribution in [-0.4, -0.2) is 51.6 Å². The summed E-state index contributed by atoms with van der Waals surface area (Å²) in [5.41, 5.74) is -0.580. The molecule has 1 saturated heterocycles. The number of nitrogens with zero attached hydrogens (tertiary/aromatic N) is 1. The summed E-state index contributed by atoms with van der Waals surface area (Å²) in [6.45, 7) is 1.71. The van der Waals surface area contributed by atoms with Crippen LogP contribution >= 0.6 is 0 Å². The number of sulfone groups is 1. The molecule has 0 unspecified atom stereocenters. The Morgan fingerprint density at radius 1 is 1.28 bits per heavy atom. The van der Waals surface area contributed by atoms with Gasteiger partial charge in [0.1, 0.15) is 0 Å². The topological polar surface area (TPSA) is 109 Å². The molecule has 1 aromatic carbocycles. The second-order valence-electron chi connectivity index (χ2n) is 7.05. The SMILES string of the molecule is Cc1ccc(S(C)(=O)=O)cc1S(=O)(=O)N1C[C@@H]2CCC[C@@]2(C(=O)O)C1. The van der Waals surface area contributed by atoms with E-state index in [0.29, 0.717) is 18.4 Å². The summed E-state index contributed by atoms with van der Waals surface area (Å²) in [4.78, 5) is 11.6. The maximum atomic E-state index is 13.1. The number of benzene rings is 1. The highest BCUT2D eigenvalue weighted by atomic mass is 32.2. The van der Waals surface area contributed by atoms with Crippen molar-refractivity contribution in [1.29, 1.82) is 0 Å².